The van der Waals surface area contributed by atoms with Crippen LogP contribution in [0.5, 0.6) is 0 Å². The van der Waals surface area contributed by atoms with Crippen molar-refractivity contribution in [2.75, 3.05) is 13.2 Å². The van der Waals surface area contributed by atoms with Gasteiger partial charge in [-0.05, 0) is 30.9 Å². The van der Waals surface area contributed by atoms with Crippen molar-refractivity contribution in [1.82, 2.24) is 10.2 Å². The highest BCUT2D eigenvalue weighted by Crippen LogP contribution is 2.21. The molecule has 4 nitrogen and oxygen atoms in total. The second kappa shape index (κ2) is 6.16. The molecule has 0 aromatic heterocycles. The summed E-state index contributed by atoms with van der Waals surface area (Å²) >= 11 is 0. The Hall–Kier alpha value is -1.39. The Bertz CT molecular complexity index is 517. The van der Waals surface area contributed by atoms with E-state index in [0.29, 0.717) is 13.2 Å². The molecule has 3 rings (SSSR count). The van der Waals surface area contributed by atoms with E-state index >= 15 is 0 Å². The highest BCUT2D eigenvalue weighted by atomic mass is 16.5. The lowest BCUT2D eigenvalue weighted by molar-refractivity contribution is -0.146. The van der Waals surface area contributed by atoms with Gasteiger partial charge in [0.05, 0.1) is 24.8 Å². The first-order valence-electron chi connectivity index (χ1n) is 7.91. The van der Waals surface area contributed by atoms with Gasteiger partial charge in [-0.1, -0.05) is 31.2 Å². The first-order valence-corrected chi connectivity index (χ1v) is 7.91. The maximum atomic E-state index is 12.9. The third-order valence-corrected chi connectivity index (χ3v) is 4.60. The second-order valence-electron chi connectivity index (χ2n) is 6.10. The van der Waals surface area contributed by atoms with E-state index in [1.54, 1.807) is 0 Å². The fourth-order valence-corrected chi connectivity index (χ4v) is 3.28. The molecule has 2 aliphatic rings. The molecule has 1 saturated heterocycles. The van der Waals surface area contributed by atoms with Crippen LogP contribution in [0.2, 0.25) is 0 Å². The number of carbonyl (C=O) groups is 1. The number of ether oxygens (including phenoxy) is 1. The van der Waals surface area contributed by atoms with Crippen molar-refractivity contribution in [2.45, 2.75) is 51.4 Å². The van der Waals surface area contributed by atoms with Crippen LogP contribution in [0, 0.1) is 0 Å². The van der Waals surface area contributed by atoms with E-state index in [1.807, 2.05) is 11.8 Å². The van der Waals surface area contributed by atoms with E-state index < -0.39 is 0 Å². The number of nitrogens with zero attached hydrogens (tertiary/aromatic N) is 1. The smallest absolute Gasteiger partial charge is 0.240 e. The number of hydrogen-bond donors (Lipinski definition) is 1. The number of benzene rings is 1. The molecule has 1 aromatic carbocycles. The molecule has 2 unspecified atom stereocenters. The molecule has 114 valence electrons. The summed E-state index contributed by atoms with van der Waals surface area (Å²) in [6, 6.07) is 8.49. The van der Waals surface area contributed by atoms with Gasteiger partial charge in [0.15, 0.2) is 0 Å². The standard InChI is InChI=1S/C17H24N2O2/c1-3-15-11-21-12(2)10-19(15)17(20)16-8-13-6-4-5-7-14(13)9-18-16/h4-7,12,15-16,18H,3,8-11H2,1-2H3/t12?,15?,16-/m1/s1. The van der Waals surface area contributed by atoms with E-state index in [0.717, 1.165) is 19.4 Å². The van der Waals surface area contributed by atoms with E-state index in [2.05, 4.69) is 36.5 Å². The van der Waals surface area contributed by atoms with Crippen LogP contribution in [0.15, 0.2) is 24.3 Å². The molecule has 4 heteroatoms. The minimum Gasteiger partial charge on any atom is -0.375 e. The Morgan fingerprint density at radius 1 is 1.38 bits per heavy atom. The fourth-order valence-electron chi connectivity index (χ4n) is 3.28. The summed E-state index contributed by atoms with van der Waals surface area (Å²) in [5.41, 5.74) is 2.60. The number of hydrogen-bond acceptors (Lipinski definition) is 3. The predicted molar refractivity (Wildman–Crippen MR) is 82.0 cm³/mol. The van der Waals surface area contributed by atoms with E-state index in [9.17, 15) is 4.79 Å². The average molecular weight is 288 g/mol. The van der Waals surface area contributed by atoms with Crippen molar-refractivity contribution in [3.63, 3.8) is 0 Å². The fraction of sp³-hybridized carbons (Fsp3) is 0.588. The highest BCUT2D eigenvalue weighted by Gasteiger charge is 2.34. The molecular formula is C17H24N2O2. The number of nitrogens with one attached hydrogen (secondary N) is 1. The number of rotatable bonds is 2. The quantitative estimate of drug-likeness (QED) is 0.901. The molecule has 1 amide bonds. The third kappa shape index (κ3) is 2.97. The monoisotopic (exact) mass is 288 g/mol. The van der Waals surface area contributed by atoms with Crippen LogP contribution in [0.1, 0.15) is 31.4 Å². The van der Waals surface area contributed by atoms with Crippen LogP contribution < -0.4 is 5.32 Å². The van der Waals surface area contributed by atoms with Gasteiger partial charge in [0.2, 0.25) is 5.91 Å². The zero-order valence-corrected chi connectivity index (χ0v) is 12.8. The molecule has 0 saturated carbocycles. The lowest BCUT2D eigenvalue weighted by Gasteiger charge is -2.41. The summed E-state index contributed by atoms with van der Waals surface area (Å²) in [6.45, 7) is 6.30. The Morgan fingerprint density at radius 2 is 2.14 bits per heavy atom. The molecule has 2 heterocycles. The minimum absolute atomic E-state index is 0.0979. The maximum absolute atomic E-state index is 12.9. The van der Waals surface area contributed by atoms with Crippen LogP contribution in [0.3, 0.4) is 0 Å². The van der Waals surface area contributed by atoms with Crippen molar-refractivity contribution < 1.29 is 9.53 Å². The van der Waals surface area contributed by atoms with Crippen LogP contribution in [0.25, 0.3) is 0 Å². The number of fused-ring (bicyclic) bond motifs is 1. The first kappa shape index (κ1) is 14.5. The first-order chi connectivity index (χ1) is 10.2. The van der Waals surface area contributed by atoms with E-state index in [-0.39, 0.29) is 24.1 Å². The zero-order chi connectivity index (χ0) is 14.8. The Labute approximate surface area is 126 Å². The number of amides is 1. The minimum atomic E-state index is -0.0979. The number of carbonyl (C=O) groups excluding carboxylic acids is 1. The molecule has 1 fully saturated rings. The van der Waals surface area contributed by atoms with Gasteiger partial charge in [0.25, 0.3) is 0 Å². The Balaban J connectivity index is 1.73. The normalized spacial score (nSPS) is 29.0. The molecule has 0 aliphatic carbocycles. The van der Waals surface area contributed by atoms with Gasteiger partial charge in [-0.3, -0.25) is 4.79 Å². The van der Waals surface area contributed by atoms with Gasteiger partial charge in [0.1, 0.15) is 0 Å². The molecular weight excluding hydrogens is 264 g/mol. The van der Waals surface area contributed by atoms with Crippen LogP contribution in [-0.2, 0) is 22.5 Å². The molecule has 1 aromatic rings. The van der Waals surface area contributed by atoms with Gasteiger partial charge in [-0.2, -0.15) is 0 Å². The van der Waals surface area contributed by atoms with Gasteiger partial charge in [-0.25, -0.2) is 0 Å². The average Bonchev–Trinajstić information content (AvgIpc) is 2.53. The molecule has 21 heavy (non-hydrogen) atoms. The molecule has 2 aliphatic heterocycles. The molecule has 0 radical (unpaired) electrons. The largest absolute Gasteiger partial charge is 0.375 e. The Morgan fingerprint density at radius 3 is 2.90 bits per heavy atom. The van der Waals surface area contributed by atoms with E-state index in [4.69, 9.17) is 4.74 Å². The summed E-state index contributed by atoms with van der Waals surface area (Å²) in [6.07, 6.45) is 1.87. The molecule has 0 bridgehead atoms. The van der Waals surface area contributed by atoms with Crippen molar-refractivity contribution in [1.29, 1.82) is 0 Å². The predicted octanol–water partition coefficient (Wildman–Crippen LogP) is 1.73. The Kier molecular flexibility index (Phi) is 4.27. The topological polar surface area (TPSA) is 41.6 Å². The zero-order valence-electron chi connectivity index (χ0n) is 12.8. The third-order valence-electron chi connectivity index (χ3n) is 4.60. The van der Waals surface area contributed by atoms with Gasteiger partial charge in [0, 0.05) is 13.1 Å². The summed E-state index contributed by atoms with van der Waals surface area (Å²) < 4.78 is 5.69. The van der Waals surface area contributed by atoms with Crippen LogP contribution >= 0.6 is 0 Å². The van der Waals surface area contributed by atoms with Crippen molar-refractivity contribution in [3.05, 3.63) is 35.4 Å². The molecule has 0 spiro atoms. The lowest BCUT2D eigenvalue weighted by Crippen LogP contribution is -2.57. The maximum Gasteiger partial charge on any atom is 0.240 e. The van der Waals surface area contributed by atoms with E-state index in [1.165, 1.54) is 11.1 Å². The summed E-state index contributed by atoms with van der Waals surface area (Å²) in [5, 5.41) is 3.40. The summed E-state index contributed by atoms with van der Waals surface area (Å²) in [4.78, 5) is 14.9. The molecule has 1 N–H and O–H groups in total. The molecule has 3 atom stereocenters. The summed E-state index contributed by atoms with van der Waals surface area (Å²) in [5.74, 6) is 0.228. The van der Waals surface area contributed by atoms with Crippen molar-refractivity contribution >= 4 is 5.91 Å². The summed E-state index contributed by atoms with van der Waals surface area (Å²) in [7, 11) is 0. The van der Waals surface area contributed by atoms with Gasteiger partial charge in [-0.15, -0.1) is 0 Å². The van der Waals surface area contributed by atoms with Crippen LogP contribution in [-0.4, -0.2) is 42.1 Å². The lowest BCUT2D eigenvalue weighted by atomic mass is 9.94. The number of morpholine rings is 1. The van der Waals surface area contributed by atoms with Gasteiger partial charge >= 0.3 is 0 Å². The van der Waals surface area contributed by atoms with Crippen molar-refractivity contribution in [3.8, 4) is 0 Å². The highest BCUT2D eigenvalue weighted by molar-refractivity contribution is 5.83. The van der Waals surface area contributed by atoms with Gasteiger partial charge < -0.3 is 15.0 Å². The van der Waals surface area contributed by atoms with Crippen LogP contribution in [0.4, 0.5) is 0 Å². The van der Waals surface area contributed by atoms with Crippen molar-refractivity contribution in [2.24, 2.45) is 0 Å². The SMILES string of the molecule is CCC1COC(C)CN1C(=O)[C@H]1Cc2ccccc2CN1. The second-order valence-corrected chi connectivity index (χ2v) is 6.10.